The van der Waals surface area contributed by atoms with Gasteiger partial charge in [-0.2, -0.15) is 0 Å². The van der Waals surface area contributed by atoms with Crippen molar-refractivity contribution in [2.75, 3.05) is 6.61 Å². The van der Waals surface area contributed by atoms with Crippen LogP contribution in [0, 0.1) is 28.6 Å². The summed E-state index contributed by atoms with van der Waals surface area (Å²) in [4.78, 5) is 62.1. The number of hydrogen-bond acceptors (Lipinski definition) is 8. The number of carbonyl (C=O) groups excluding carboxylic acids is 5. The molecule has 4 aliphatic rings. The summed E-state index contributed by atoms with van der Waals surface area (Å²) in [5.41, 5.74) is -5.41. The van der Waals surface area contributed by atoms with Crippen LogP contribution in [0.3, 0.4) is 0 Å². The van der Waals surface area contributed by atoms with Gasteiger partial charge in [0.05, 0.1) is 0 Å². The first-order valence-corrected chi connectivity index (χ1v) is 12.8. The Balaban J connectivity index is 1.89. The third-order valence-corrected chi connectivity index (χ3v) is 9.59. The van der Waals surface area contributed by atoms with Gasteiger partial charge in [0, 0.05) is 43.4 Å². The average molecular weight is 519 g/mol. The zero-order valence-electron chi connectivity index (χ0n) is 22.2. The van der Waals surface area contributed by atoms with E-state index >= 15 is 4.39 Å². The van der Waals surface area contributed by atoms with Gasteiger partial charge in [-0.25, -0.2) is 4.39 Å². The van der Waals surface area contributed by atoms with E-state index < -0.39 is 76.3 Å². The number of halogens is 1. The number of rotatable bonds is 5. The lowest BCUT2D eigenvalue weighted by atomic mass is 9.44. The Morgan fingerprint density at radius 3 is 2.32 bits per heavy atom. The molecule has 0 aliphatic heterocycles. The number of ketones is 2. The van der Waals surface area contributed by atoms with Gasteiger partial charge in [0.15, 0.2) is 23.7 Å². The van der Waals surface area contributed by atoms with Crippen molar-refractivity contribution >= 4 is 29.5 Å². The molecule has 3 saturated carbocycles. The summed E-state index contributed by atoms with van der Waals surface area (Å²) in [6.45, 7) is 8.31. The van der Waals surface area contributed by atoms with Gasteiger partial charge in [-0.15, -0.1) is 0 Å². The van der Waals surface area contributed by atoms with Gasteiger partial charge in [0.1, 0.15) is 6.10 Å². The minimum Gasteiger partial charge on any atom is -0.459 e. The second-order valence-electron chi connectivity index (χ2n) is 11.5. The Morgan fingerprint density at radius 1 is 1.05 bits per heavy atom. The molecule has 3 fully saturated rings. The summed E-state index contributed by atoms with van der Waals surface area (Å²) < 4.78 is 34.4. The van der Waals surface area contributed by atoms with Gasteiger partial charge < -0.3 is 14.2 Å². The molecule has 4 aliphatic carbocycles. The van der Waals surface area contributed by atoms with Gasteiger partial charge >= 0.3 is 17.9 Å². The average Bonchev–Trinajstić information content (AvgIpc) is 3.00. The van der Waals surface area contributed by atoms with Gasteiger partial charge in [-0.3, -0.25) is 24.0 Å². The van der Waals surface area contributed by atoms with Gasteiger partial charge in [-0.1, -0.05) is 25.5 Å². The van der Waals surface area contributed by atoms with E-state index in [0.29, 0.717) is 24.8 Å². The second-order valence-corrected chi connectivity index (χ2v) is 11.5. The standard InChI is InChI=1S/C28H35FO8/c1-15-11-22-21-8-7-19-12-20(33)9-10-25(19,5)27(21,29)24(36-17(3)31)13-26(22,6)28(15,37-18(4)32)23(34)14-35-16(2)30/h9-10,12,15,21-22,24H,7-8,11,13-14H2,1-6H3/t15-,21-,22-,24+,25+,26+,27+,28+/m1/s1. The van der Waals surface area contributed by atoms with E-state index in [1.54, 1.807) is 26.8 Å². The maximum atomic E-state index is 17.9. The van der Waals surface area contributed by atoms with Crippen LogP contribution in [0.1, 0.15) is 67.2 Å². The highest BCUT2D eigenvalue weighted by Gasteiger charge is 2.78. The molecular weight excluding hydrogens is 483 g/mol. The van der Waals surface area contributed by atoms with Crippen molar-refractivity contribution in [1.29, 1.82) is 0 Å². The van der Waals surface area contributed by atoms with Crippen LogP contribution < -0.4 is 0 Å². The Kier molecular flexibility index (Phi) is 6.53. The van der Waals surface area contributed by atoms with Crippen LogP contribution in [-0.4, -0.2) is 53.5 Å². The Hall–Kier alpha value is -2.84. The molecule has 0 radical (unpaired) electrons. The lowest BCUT2D eigenvalue weighted by Gasteiger charge is -2.63. The van der Waals surface area contributed by atoms with Crippen molar-refractivity contribution in [2.24, 2.45) is 28.6 Å². The molecule has 0 aromatic carbocycles. The number of fused-ring (bicyclic) bond motifs is 5. The largest absolute Gasteiger partial charge is 0.459 e. The maximum Gasteiger partial charge on any atom is 0.303 e. The number of allylic oxidation sites excluding steroid dienone is 4. The summed E-state index contributed by atoms with van der Waals surface area (Å²) in [7, 11) is 0. The Labute approximate surface area is 216 Å². The second kappa shape index (κ2) is 8.88. The fraction of sp³-hybridized carbons (Fsp3) is 0.679. The third kappa shape index (κ3) is 3.71. The van der Waals surface area contributed by atoms with Crippen LogP contribution in [0.4, 0.5) is 4.39 Å². The third-order valence-electron chi connectivity index (χ3n) is 9.59. The zero-order chi connectivity index (χ0) is 27.6. The monoisotopic (exact) mass is 518 g/mol. The molecule has 9 heteroatoms. The van der Waals surface area contributed by atoms with E-state index in [2.05, 4.69) is 0 Å². The summed E-state index contributed by atoms with van der Waals surface area (Å²) in [6, 6.07) is 0. The number of carbonyl (C=O) groups is 5. The SMILES string of the molecule is CC(=O)OCC(=O)[C@@]1(OC(C)=O)[C@H](C)C[C@@H]2[C@H]3CCC4=CC(=O)C=C[C@]4(C)[C@@]3(F)[C@@H](OC(C)=O)C[C@@]21C. The maximum absolute atomic E-state index is 17.9. The molecule has 202 valence electrons. The molecular formula is C28H35FO8. The first-order valence-electron chi connectivity index (χ1n) is 12.8. The van der Waals surface area contributed by atoms with Crippen LogP contribution in [0.2, 0.25) is 0 Å². The summed E-state index contributed by atoms with van der Waals surface area (Å²) >= 11 is 0. The minimum atomic E-state index is -2.06. The lowest BCUT2D eigenvalue weighted by molar-refractivity contribution is -0.235. The summed E-state index contributed by atoms with van der Waals surface area (Å²) in [5, 5.41) is 0. The molecule has 4 rings (SSSR count). The fourth-order valence-electron chi connectivity index (χ4n) is 8.19. The molecule has 0 N–H and O–H groups in total. The van der Waals surface area contributed by atoms with Gasteiger partial charge in [0.2, 0.25) is 5.78 Å². The van der Waals surface area contributed by atoms with Crippen LogP contribution in [-0.2, 0) is 38.2 Å². The van der Waals surface area contributed by atoms with Gasteiger partial charge in [-0.05, 0) is 50.7 Å². The molecule has 0 heterocycles. The molecule has 0 unspecified atom stereocenters. The predicted molar refractivity (Wildman–Crippen MR) is 129 cm³/mol. The highest BCUT2D eigenvalue weighted by Crippen LogP contribution is 2.71. The Bertz CT molecular complexity index is 1130. The van der Waals surface area contributed by atoms with Crippen molar-refractivity contribution in [3.63, 3.8) is 0 Å². The van der Waals surface area contributed by atoms with E-state index in [4.69, 9.17) is 14.2 Å². The topological polar surface area (TPSA) is 113 Å². The highest BCUT2D eigenvalue weighted by molar-refractivity contribution is 6.01. The van der Waals surface area contributed by atoms with Crippen LogP contribution in [0.15, 0.2) is 23.8 Å². The zero-order valence-corrected chi connectivity index (χ0v) is 22.2. The minimum absolute atomic E-state index is 0.0850. The van der Waals surface area contributed by atoms with E-state index in [9.17, 15) is 24.0 Å². The van der Waals surface area contributed by atoms with Crippen molar-refractivity contribution in [3.8, 4) is 0 Å². The van der Waals surface area contributed by atoms with Crippen LogP contribution in [0.25, 0.3) is 0 Å². The van der Waals surface area contributed by atoms with E-state index in [-0.39, 0.29) is 12.2 Å². The molecule has 8 nitrogen and oxygen atoms in total. The number of Topliss-reactive ketones (excluding diaryl/α,β-unsaturated/α-hetero) is 1. The van der Waals surface area contributed by atoms with Gasteiger partial charge in [0.25, 0.3) is 0 Å². The van der Waals surface area contributed by atoms with Crippen LogP contribution >= 0.6 is 0 Å². The fourth-order valence-corrected chi connectivity index (χ4v) is 8.19. The highest BCUT2D eigenvalue weighted by atomic mass is 19.1. The molecule has 0 aromatic rings. The summed E-state index contributed by atoms with van der Waals surface area (Å²) in [5.74, 6) is -4.37. The smallest absolute Gasteiger partial charge is 0.303 e. The normalized spacial score (nSPS) is 42.0. The van der Waals surface area contributed by atoms with Crippen molar-refractivity contribution < 1.29 is 42.6 Å². The van der Waals surface area contributed by atoms with E-state index in [1.807, 2.05) is 0 Å². The van der Waals surface area contributed by atoms with Crippen molar-refractivity contribution in [2.45, 2.75) is 84.6 Å². The molecule has 37 heavy (non-hydrogen) atoms. The van der Waals surface area contributed by atoms with E-state index in [1.165, 1.54) is 32.9 Å². The number of hydrogen-bond donors (Lipinski definition) is 0. The van der Waals surface area contributed by atoms with Crippen molar-refractivity contribution in [1.82, 2.24) is 0 Å². The molecule has 0 saturated heterocycles. The number of ether oxygens (including phenoxy) is 3. The van der Waals surface area contributed by atoms with E-state index in [0.717, 1.165) is 0 Å². The molecule has 0 bridgehead atoms. The Morgan fingerprint density at radius 2 is 1.73 bits per heavy atom. The predicted octanol–water partition coefficient (Wildman–Crippen LogP) is 3.61. The first-order chi connectivity index (χ1) is 17.1. The van der Waals surface area contributed by atoms with Crippen molar-refractivity contribution in [3.05, 3.63) is 23.8 Å². The first kappa shape index (κ1) is 27.2. The number of alkyl halides is 1. The number of esters is 3. The quantitative estimate of drug-likeness (QED) is 0.401. The molecule has 0 spiro atoms. The molecule has 0 aromatic heterocycles. The molecule has 0 amide bonds. The lowest BCUT2D eigenvalue weighted by Crippen LogP contribution is -2.70. The summed E-state index contributed by atoms with van der Waals surface area (Å²) in [6.07, 6.45) is 4.28. The van der Waals surface area contributed by atoms with Crippen LogP contribution in [0.5, 0.6) is 0 Å². The molecule has 8 atom stereocenters.